The van der Waals surface area contributed by atoms with Crippen LogP contribution < -0.4 is 0 Å². The van der Waals surface area contributed by atoms with Crippen molar-refractivity contribution in [2.75, 3.05) is 40.8 Å². The van der Waals surface area contributed by atoms with Crippen LogP contribution in [0, 0.1) is 0 Å². The van der Waals surface area contributed by atoms with Gasteiger partial charge in [0.25, 0.3) is 0 Å². The molecule has 2 rings (SSSR count). The van der Waals surface area contributed by atoms with Crippen LogP contribution in [0.5, 0.6) is 0 Å². The van der Waals surface area contributed by atoms with Gasteiger partial charge in [0.05, 0.1) is 30.1 Å². The molecule has 0 spiro atoms. The summed E-state index contributed by atoms with van der Waals surface area (Å²) >= 11 is 3.63. The first-order chi connectivity index (χ1) is 10.7. The van der Waals surface area contributed by atoms with E-state index in [0.717, 1.165) is 6.42 Å². The molecule has 0 amide bonds. The van der Waals surface area contributed by atoms with Crippen molar-refractivity contribution in [3.63, 3.8) is 0 Å². The maximum absolute atomic E-state index is 5.91. The van der Waals surface area contributed by atoms with Gasteiger partial charge >= 0.3 is 0 Å². The van der Waals surface area contributed by atoms with Gasteiger partial charge in [-0.3, -0.25) is 0 Å². The second-order valence-corrected chi connectivity index (χ2v) is 7.43. The minimum Gasteiger partial charge on any atom is -0.382 e. The Morgan fingerprint density at radius 2 is 2.18 bits per heavy atom. The summed E-state index contributed by atoms with van der Waals surface area (Å²) in [6, 6.07) is 2.14. The summed E-state index contributed by atoms with van der Waals surface area (Å²) < 4.78 is 28.4. The summed E-state index contributed by atoms with van der Waals surface area (Å²) in [6.07, 6.45) is 0.724. The van der Waals surface area contributed by atoms with Crippen molar-refractivity contribution in [3.05, 3.63) is 17.0 Å². The summed E-state index contributed by atoms with van der Waals surface area (Å²) in [6.45, 7) is 4.05. The summed E-state index contributed by atoms with van der Waals surface area (Å²) in [5.74, 6) is 0. The zero-order valence-electron chi connectivity index (χ0n) is 13.3. The highest BCUT2D eigenvalue weighted by atomic mass is 32.2. The van der Waals surface area contributed by atoms with Gasteiger partial charge in [-0.05, 0) is 24.8 Å². The average molecular weight is 348 g/mol. The molecule has 0 aliphatic carbocycles. The fourth-order valence-corrected chi connectivity index (χ4v) is 4.65. The molecule has 3 atom stereocenters. The number of fused-ring (bicyclic) bond motifs is 1. The fourth-order valence-electron chi connectivity index (χ4n) is 2.11. The Morgan fingerprint density at radius 1 is 1.32 bits per heavy atom. The highest BCUT2D eigenvalue weighted by molar-refractivity contribution is 8.01. The van der Waals surface area contributed by atoms with E-state index in [1.807, 2.05) is 18.7 Å². The molecule has 0 radical (unpaired) electrons. The van der Waals surface area contributed by atoms with Gasteiger partial charge in [0.15, 0.2) is 13.1 Å². The van der Waals surface area contributed by atoms with Crippen molar-refractivity contribution < 1.29 is 23.7 Å². The lowest BCUT2D eigenvalue weighted by atomic mass is 10.1. The Bertz CT molecular complexity index is 426. The maximum atomic E-state index is 5.91. The topological polar surface area (TPSA) is 46.2 Å². The van der Waals surface area contributed by atoms with Crippen molar-refractivity contribution in [1.29, 1.82) is 0 Å². The Balaban J connectivity index is 1.83. The number of hydrogen-bond acceptors (Lipinski definition) is 7. The molecule has 1 aromatic heterocycles. The SMILES string of the molecule is COCCOCC1CC(OCOC(C)OC)c2ccsc2S1. The predicted molar refractivity (Wildman–Crippen MR) is 87.5 cm³/mol. The lowest BCUT2D eigenvalue weighted by Gasteiger charge is -2.29. The molecule has 3 unspecified atom stereocenters. The summed E-state index contributed by atoms with van der Waals surface area (Å²) in [5.41, 5.74) is 1.26. The molecular weight excluding hydrogens is 324 g/mol. The number of methoxy groups -OCH3 is 2. The zero-order valence-corrected chi connectivity index (χ0v) is 14.9. The molecular formula is C15H24O5S2. The van der Waals surface area contributed by atoms with Crippen LogP contribution in [0.3, 0.4) is 0 Å². The lowest BCUT2D eigenvalue weighted by molar-refractivity contribution is -0.190. The first kappa shape index (κ1) is 18.2. The smallest absolute Gasteiger partial charge is 0.157 e. The van der Waals surface area contributed by atoms with Crippen molar-refractivity contribution in [2.24, 2.45) is 0 Å². The Kier molecular flexibility index (Phi) is 8.16. The second-order valence-electron chi connectivity index (χ2n) is 4.95. The average Bonchev–Trinajstić information content (AvgIpc) is 3.00. The molecule has 1 aliphatic rings. The molecule has 0 saturated heterocycles. The molecule has 5 nitrogen and oxygen atoms in total. The summed E-state index contributed by atoms with van der Waals surface area (Å²) in [7, 11) is 3.30. The van der Waals surface area contributed by atoms with Crippen LogP contribution in [0.4, 0.5) is 0 Å². The van der Waals surface area contributed by atoms with E-state index in [4.69, 9.17) is 23.7 Å². The molecule has 7 heteroatoms. The van der Waals surface area contributed by atoms with E-state index in [1.165, 1.54) is 9.77 Å². The molecule has 126 valence electrons. The molecule has 2 heterocycles. The third-order valence-corrected chi connectivity index (χ3v) is 5.81. The van der Waals surface area contributed by atoms with Crippen LogP contribution in [0.2, 0.25) is 0 Å². The van der Waals surface area contributed by atoms with Gasteiger partial charge in [-0.1, -0.05) is 0 Å². The first-order valence-corrected chi connectivity index (χ1v) is 9.07. The molecule has 22 heavy (non-hydrogen) atoms. The number of rotatable bonds is 10. The number of thioether (sulfide) groups is 1. The largest absolute Gasteiger partial charge is 0.382 e. The van der Waals surface area contributed by atoms with Crippen molar-refractivity contribution >= 4 is 23.1 Å². The fraction of sp³-hybridized carbons (Fsp3) is 0.733. The second kappa shape index (κ2) is 9.87. The van der Waals surface area contributed by atoms with E-state index in [0.29, 0.717) is 25.1 Å². The molecule has 1 aromatic rings. The minimum absolute atomic E-state index is 0.0579. The molecule has 0 bridgehead atoms. The van der Waals surface area contributed by atoms with Crippen LogP contribution in [0.1, 0.15) is 25.0 Å². The molecule has 0 aromatic carbocycles. The van der Waals surface area contributed by atoms with Gasteiger partial charge in [-0.15, -0.1) is 23.1 Å². The predicted octanol–water partition coefficient (Wildman–Crippen LogP) is 3.30. The van der Waals surface area contributed by atoms with Crippen LogP contribution in [0.25, 0.3) is 0 Å². The van der Waals surface area contributed by atoms with Crippen molar-refractivity contribution in [3.8, 4) is 0 Å². The third-order valence-electron chi connectivity index (χ3n) is 3.40. The standard InChI is InChI=1S/C15H24O5S2/c1-11(17-3)19-10-20-14-8-12(9-18-6-5-16-2)22-15-13(14)4-7-21-15/h4,7,11-12,14H,5-6,8-10H2,1-3H3. The molecule has 0 saturated carbocycles. The highest BCUT2D eigenvalue weighted by Gasteiger charge is 2.29. The molecule has 1 aliphatic heterocycles. The van der Waals surface area contributed by atoms with Crippen LogP contribution in [0.15, 0.2) is 15.7 Å². The van der Waals surface area contributed by atoms with Crippen LogP contribution >= 0.6 is 23.1 Å². The normalized spacial score (nSPS) is 22.5. The molecule has 0 fully saturated rings. The monoisotopic (exact) mass is 348 g/mol. The first-order valence-electron chi connectivity index (χ1n) is 7.31. The van der Waals surface area contributed by atoms with E-state index in [9.17, 15) is 0 Å². The van der Waals surface area contributed by atoms with E-state index >= 15 is 0 Å². The van der Waals surface area contributed by atoms with Crippen LogP contribution in [-0.4, -0.2) is 52.4 Å². The Hall–Kier alpha value is -0.150. The number of hydrogen-bond donors (Lipinski definition) is 0. The minimum atomic E-state index is -0.256. The highest BCUT2D eigenvalue weighted by Crippen LogP contribution is 2.45. The van der Waals surface area contributed by atoms with E-state index in [1.54, 1.807) is 25.6 Å². The Labute approximate surface area is 140 Å². The van der Waals surface area contributed by atoms with E-state index in [-0.39, 0.29) is 19.2 Å². The number of thiophene rings is 1. The van der Waals surface area contributed by atoms with E-state index < -0.39 is 0 Å². The summed E-state index contributed by atoms with van der Waals surface area (Å²) in [5, 5.41) is 2.51. The van der Waals surface area contributed by atoms with Gasteiger partial charge in [0, 0.05) is 25.0 Å². The summed E-state index contributed by atoms with van der Waals surface area (Å²) in [4.78, 5) is 0. The van der Waals surface area contributed by atoms with Gasteiger partial charge in [-0.2, -0.15) is 0 Å². The van der Waals surface area contributed by atoms with E-state index in [2.05, 4.69) is 11.4 Å². The lowest BCUT2D eigenvalue weighted by Crippen LogP contribution is -2.23. The quantitative estimate of drug-likeness (QED) is 0.478. The Morgan fingerprint density at radius 3 is 2.95 bits per heavy atom. The van der Waals surface area contributed by atoms with Crippen LogP contribution in [-0.2, 0) is 23.7 Å². The third kappa shape index (κ3) is 5.49. The zero-order chi connectivity index (χ0) is 15.8. The van der Waals surface area contributed by atoms with Gasteiger partial charge < -0.3 is 23.7 Å². The molecule has 0 N–H and O–H groups in total. The van der Waals surface area contributed by atoms with Gasteiger partial charge in [0.1, 0.15) is 0 Å². The van der Waals surface area contributed by atoms with Gasteiger partial charge in [-0.25, -0.2) is 0 Å². The van der Waals surface area contributed by atoms with Crippen molar-refractivity contribution in [2.45, 2.75) is 35.2 Å². The maximum Gasteiger partial charge on any atom is 0.157 e. The number of ether oxygens (including phenoxy) is 5. The van der Waals surface area contributed by atoms with Crippen molar-refractivity contribution in [1.82, 2.24) is 0 Å². The van der Waals surface area contributed by atoms with Gasteiger partial charge in [0.2, 0.25) is 0 Å².